The quantitative estimate of drug-likeness (QED) is 0.300. The van der Waals surface area contributed by atoms with E-state index in [9.17, 15) is 0 Å². The highest BCUT2D eigenvalue weighted by atomic mass is 35.5. The van der Waals surface area contributed by atoms with Crippen molar-refractivity contribution in [2.45, 2.75) is 12.3 Å². The SMILES string of the molecule is Nc1ccc(C(c2ccc(Cl)cc2)c2nccs2)cc1NCCc1ccc(Cl)cc1. The van der Waals surface area contributed by atoms with Gasteiger partial charge in [0.25, 0.3) is 0 Å². The molecule has 3 N–H and O–H groups in total. The first-order valence-corrected chi connectivity index (χ1v) is 11.3. The van der Waals surface area contributed by atoms with Gasteiger partial charge in [0, 0.05) is 28.2 Å². The maximum Gasteiger partial charge on any atom is 0.104 e. The van der Waals surface area contributed by atoms with Gasteiger partial charge in [-0.05, 0) is 59.5 Å². The van der Waals surface area contributed by atoms with Gasteiger partial charge in [-0.3, -0.25) is 0 Å². The third kappa shape index (κ3) is 4.96. The lowest BCUT2D eigenvalue weighted by molar-refractivity contribution is 0.954. The Labute approximate surface area is 190 Å². The average Bonchev–Trinajstić information content (AvgIpc) is 3.27. The van der Waals surface area contributed by atoms with Crippen LogP contribution in [0, 0.1) is 0 Å². The van der Waals surface area contributed by atoms with E-state index in [1.165, 1.54) is 5.56 Å². The standard InChI is InChI=1S/C24H21Cl2N3S/c25-19-6-1-16(2-7-19)11-12-28-22-15-18(5-10-21(22)27)23(24-29-13-14-30-24)17-3-8-20(26)9-4-17/h1-10,13-15,23,28H,11-12,27H2. The number of nitrogens with zero attached hydrogens (tertiary/aromatic N) is 1. The molecule has 3 aromatic carbocycles. The molecule has 0 aliphatic carbocycles. The molecule has 0 spiro atoms. The van der Waals surface area contributed by atoms with E-state index in [2.05, 4.69) is 34.6 Å². The fraction of sp³-hybridized carbons (Fsp3) is 0.125. The van der Waals surface area contributed by atoms with Crippen molar-refractivity contribution in [2.75, 3.05) is 17.6 Å². The largest absolute Gasteiger partial charge is 0.397 e. The van der Waals surface area contributed by atoms with Crippen LogP contribution < -0.4 is 11.1 Å². The predicted molar refractivity (Wildman–Crippen MR) is 129 cm³/mol. The van der Waals surface area contributed by atoms with Crippen LogP contribution in [-0.2, 0) is 6.42 Å². The first-order valence-electron chi connectivity index (χ1n) is 9.63. The summed E-state index contributed by atoms with van der Waals surface area (Å²) < 4.78 is 0. The molecular formula is C24H21Cl2N3S. The van der Waals surface area contributed by atoms with Gasteiger partial charge >= 0.3 is 0 Å². The summed E-state index contributed by atoms with van der Waals surface area (Å²) in [6.45, 7) is 0.776. The summed E-state index contributed by atoms with van der Waals surface area (Å²) >= 11 is 13.7. The molecule has 3 nitrogen and oxygen atoms in total. The Morgan fingerprint density at radius 1 is 0.900 bits per heavy atom. The van der Waals surface area contributed by atoms with Crippen molar-refractivity contribution in [2.24, 2.45) is 0 Å². The Kier molecular flexibility index (Phi) is 6.58. The third-order valence-corrected chi connectivity index (χ3v) is 6.30. The van der Waals surface area contributed by atoms with E-state index in [-0.39, 0.29) is 5.92 Å². The number of nitrogens with two attached hydrogens (primary N) is 1. The fourth-order valence-corrected chi connectivity index (χ4v) is 4.45. The number of aromatic nitrogens is 1. The Morgan fingerprint density at radius 3 is 2.23 bits per heavy atom. The second-order valence-corrected chi connectivity index (χ2v) is 8.80. The smallest absolute Gasteiger partial charge is 0.104 e. The highest BCUT2D eigenvalue weighted by Gasteiger charge is 2.20. The van der Waals surface area contributed by atoms with Gasteiger partial charge in [0.2, 0.25) is 0 Å². The number of nitrogen functional groups attached to an aromatic ring is 1. The lowest BCUT2D eigenvalue weighted by Gasteiger charge is -2.18. The molecule has 0 fully saturated rings. The first-order chi connectivity index (χ1) is 14.6. The summed E-state index contributed by atoms with van der Waals surface area (Å²) in [5.74, 6) is 0.0275. The lowest BCUT2D eigenvalue weighted by Crippen LogP contribution is -2.09. The van der Waals surface area contributed by atoms with Gasteiger partial charge in [-0.2, -0.15) is 0 Å². The molecule has 1 unspecified atom stereocenters. The molecule has 152 valence electrons. The van der Waals surface area contributed by atoms with E-state index >= 15 is 0 Å². The van der Waals surface area contributed by atoms with Crippen molar-refractivity contribution < 1.29 is 0 Å². The van der Waals surface area contributed by atoms with Gasteiger partial charge in [-0.25, -0.2) is 4.98 Å². The Balaban J connectivity index is 1.58. The van der Waals surface area contributed by atoms with Crippen LogP contribution in [0.25, 0.3) is 0 Å². The van der Waals surface area contributed by atoms with Gasteiger partial charge in [0.05, 0.1) is 17.3 Å². The molecule has 1 aromatic heterocycles. The minimum absolute atomic E-state index is 0.0275. The molecule has 0 amide bonds. The minimum Gasteiger partial charge on any atom is -0.397 e. The number of halogens is 2. The Morgan fingerprint density at radius 2 is 1.57 bits per heavy atom. The Bertz CT molecular complexity index is 1090. The number of hydrogen-bond donors (Lipinski definition) is 2. The molecule has 0 aliphatic rings. The van der Waals surface area contributed by atoms with E-state index in [4.69, 9.17) is 28.9 Å². The second kappa shape index (κ2) is 9.52. The lowest BCUT2D eigenvalue weighted by atomic mass is 9.91. The molecule has 4 rings (SSSR count). The molecular weight excluding hydrogens is 433 g/mol. The number of hydrogen-bond acceptors (Lipinski definition) is 4. The topological polar surface area (TPSA) is 50.9 Å². The van der Waals surface area contributed by atoms with Crippen LogP contribution >= 0.6 is 34.5 Å². The van der Waals surface area contributed by atoms with Crippen LogP contribution in [-0.4, -0.2) is 11.5 Å². The van der Waals surface area contributed by atoms with Gasteiger partial charge in [-0.15, -0.1) is 11.3 Å². The summed E-state index contributed by atoms with van der Waals surface area (Å²) in [6.07, 6.45) is 2.72. The van der Waals surface area contributed by atoms with Crippen LogP contribution in [0.3, 0.4) is 0 Å². The molecule has 4 aromatic rings. The number of nitrogens with one attached hydrogen (secondary N) is 1. The zero-order valence-corrected chi connectivity index (χ0v) is 18.5. The van der Waals surface area contributed by atoms with Crippen LogP contribution in [0.5, 0.6) is 0 Å². The molecule has 0 bridgehead atoms. The van der Waals surface area contributed by atoms with Crippen molar-refractivity contribution in [1.82, 2.24) is 4.98 Å². The average molecular weight is 454 g/mol. The number of rotatable bonds is 7. The van der Waals surface area contributed by atoms with Crippen molar-refractivity contribution in [3.8, 4) is 0 Å². The van der Waals surface area contributed by atoms with E-state index < -0.39 is 0 Å². The molecule has 0 saturated carbocycles. The summed E-state index contributed by atoms with van der Waals surface area (Å²) in [7, 11) is 0. The van der Waals surface area contributed by atoms with Crippen LogP contribution in [0.2, 0.25) is 10.0 Å². The summed E-state index contributed by atoms with van der Waals surface area (Å²) in [4.78, 5) is 4.58. The minimum atomic E-state index is 0.0275. The Hall–Kier alpha value is -2.53. The molecule has 30 heavy (non-hydrogen) atoms. The van der Waals surface area contributed by atoms with Gasteiger partial charge in [-0.1, -0.05) is 53.5 Å². The summed E-state index contributed by atoms with van der Waals surface area (Å²) in [5, 5.41) is 7.99. The molecule has 1 heterocycles. The normalized spacial score (nSPS) is 11.9. The van der Waals surface area contributed by atoms with Crippen molar-refractivity contribution in [3.63, 3.8) is 0 Å². The summed E-state index contributed by atoms with van der Waals surface area (Å²) in [5.41, 5.74) is 11.4. The van der Waals surface area contributed by atoms with Crippen LogP contribution in [0.15, 0.2) is 78.3 Å². The van der Waals surface area contributed by atoms with Gasteiger partial charge < -0.3 is 11.1 Å². The molecule has 6 heteroatoms. The molecule has 0 saturated heterocycles. The van der Waals surface area contributed by atoms with Gasteiger partial charge in [0.1, 0.15) is 5.01 Å². The maximum absolute atomic E-state index is 6.26. The van der Waals surface area contributed by atoms with Crippen molar-refractivity contribution >= 4 is 45.9 Å². The fourth-order valence-electron chi connectivity index (χ4n) is 3.41. The van der Waals surface area contributed by atoms with E-state index in [0.717, 1.165) is 50.5 Å². The molecule has 0 aliphatic heterocycles. The summed E-state index contributed by atoms with van der Waals surface area (Å²) in [6, 6.07) is 22.0. The zero-order chi connectivity index (χ0) is 20.9. The second-order valence-electron chi connectivity index (χ2n) is 7.00. The predicted octanol–water partition coefficient (Wildman–Crippen LogP) is 6.87. The zero-order valence-electron chi connectivity index (χ0n) is 16.2. The molecule has 0 radical (unpaired) electrons. The third-order valence-electron chi connectivity index (χ3n) is 4.95. The van der Waals surface area contributed by atoms with Crippen molar-refractivity contribution in [1.29, 1.82) is 0 Å². The highest BCUT2D eigenvalue weighted by molar-refractivity contribution is 7.09. The molecule has 1 atom stereocenters. The van der Waals surface area contributed by atoms with E-state index in [1.807, 2.05) is 54.0 Å². The van der Waals surface area contributed by atoms with Crippen molar-refractivity contribution in [3.05, 3.63) is 110 Å². The maximum atomic E-state index is 6.26. The number of thiazole rings is 1. The van der Waals surface area contributed by atoms with Crippen LogP contribution in [0.1, 0.15) is 27.6 Å². The van der Waals surface area contributed by atoms with E-state index in [0.29, 0.717) is 0 Å². The monoisotopic (exact) mass is 453 g/mol. The van der Waals surface area contributed by atoms with Gasteiger partial charge in [0.15, 0.2) is 0 Å². The highest BCUT2D eigenvalue weighted by Crippen LogP contribution is 2.36. The number of benzene rings is 3. The number of anilines is 2. The van der Waals surface area contributed by atoms with Crippen LogP contribution in [0.4, 0.5) is 11.4 Å². The first kappa shape index (κ1) is 20.7. The van der Waals surface area contributed by atoms with E-state index in [1.54, 1.807) is 11.3 Å².